The van der Waals surface area contributed by atoms with Gasteiger partial charge in [-0.05, 0) is 39.0 Å². The monoisotopic (exact) mass is 226 g/mol. The van der Waals surface area contributed by atoms with E-state index < -0.39 is 0 Å². The summed E-state index contributed by atoms with van der Waals surface area (Å²) >= 11 is 0. The third kappa shape index (κ3) is 4.52. The van der Waals surface area contributed by atoms with Crippen molar-refractivity contribution in [2.45, 2.75) is 46.6 Å². The maximum atomic E-state index is 12.0. The maximum Gasteiger partial charge on any atom is 0.236 e. The average Bonchev–Trinajstić information content (AvgIpc) is 2.11. The summed E-state index contributed by atoms with van der Waals surface area (Å²) < 4.78 is 0. The highest BCUT2D eigenvalue weighted by molar-refractivity contribution is 5.78. The van der Waals surface area contributed by atoms with Crippen LogP contribution in [0.4, 0.5) is 0 Å². The molecule has 1 heterocycles. The van der Waals surface area contributed by atoms with Crippen molar-refractivity contribution in [2.24, 2.45) is 11.8 Å². The van der Waals surface area contributed by atoms with Crippen LogP contribution in [-0.2, 0) is 4.79 Å². The molecule has 0 aliphatic carbocycles. The fourth-order valence-corrected chi connectivity index (χ4v) is 2.32. The number of carbonyl (C=O) groups excluding carboxylic acids is 1. The molecular weight excluding hydrogens is 200 g/mol. The Balaban J connectivity index is 2.41. The standard InChI is InChI=1S/C13H26N2O/c1-10-6-11(2)9-15(8-10)12(16)7-14-13(3,4)5/h10-11,14H,6-9H2,1-5H3. The van der Waals surface area contributed by atoms with E-state index in [4.69, 9.17) is 0 Å². The minimum Gasteiger partial charge on any atom is -0.341 e. The molecule has 3 nitrogen and oxygen atoms in total. The average molecular weight is 226 g/mol. The summed E-state index contributed by atoms with van der Waals surface area (Å²) in [6.45, 7) is 13.0. The molecule has 0 bridgehead atoms. The Kier molecular flexibility index (Phi) is 4.36. The van der Waals surface area contributed by atoms with Crippen LogP contribution in [0.1, 0.15) is 41.0 Å². The van der Waals surface area contributed by atoms with Gasteiger partial charge in [0.2, 0.25) is 5.91 Å². The maximum absolute atomic E-state index is 12.0. The van der Waals surface area contributed by atoms with Crippen LogP contribution in [0.25, 0.3) is 0 Å². The third-order valence-corrected chi connectivity index (χ3v) is 2.99. The number of carbonyl (C=O) groups is 1. The molecule has 1 aliphatic rings. The molecule has 2 unspecified atom stereocenters. The van der Waals surface area contributed by atoms with Crippen LogP contribution in [0.3, 0.4) is 0 Å². The van der Waals surface area contributed by atoms with Gasteiger partial charge in [-0.2, -0.15) is 0 Å². The van der Waals surface area contributed by atoms with Gasteiger partial charge in [0.05, 0.1) is 6.54 Å². The molecule has 1 saturated heterocycles. The van der Waals surface area contributed by atoms with Crippen LogP contribution in [-0.4, -0.2) is 36.0 Å². The number of nitrogens with zero attached hydrogens (tertiary/aromatic N) is 1. The molecule has 0 aromatic rings. The number of piperidine rings is 1. The van der Waals surface area contributed by atoms with Gasteiger partial charge in [0.25, 0.3) is 0 Å². The molecular formula is C13H26N2O. The number of likely N-dealkylation sites (tertiary alicyclic amines) is 1. The lowest BCUT2D eigenvalue weighted by Crippen LogP contribution is -2.49. The summed E-state index contributed by atoms with van der Waals surface area (Å²) in [5, 5.41) is 3.26. The Hall–Kier alpha value is -0.570. The van der Waals surface area contributed by atoms with Crippen LogP contribution in [0.5, 0.6) is 0 Å². The molecule has 0 aromatic heterocycles. The molecule has 1 rings (SSSR count). The van der Waals surface area contributed by atoms with E-state index in [1.165, 1.54) is 6.42 Å². The highest BCUT2D eigenvalue weighted by Gasteiger charge is 2.25. The zero-order valence-corrected chi connectivity index (χ0v) is 11.3. The van der Waals surface area contributed by atoms with Crippen LogP contribution < -0.4 is 5.32 Å². The van der Waals surface area contributed by atoms with Gasteiger partial charge in [-0.1, -0.05) is 13.8 Å². The molecule has 0 aromatic carbocycles. The van der Waals surface area contributed by atoms with E-state index in [1.807, 2.05) is 4.90 Å². The first-order valence-electron chi connectivity index (χ1n) is 6.30. The van der Waals surface area contributed by atoms with Crippen molar-refractivity contribution in [3.63, 3.8) is 0 Å². The Morgan fingerprint density at radius 1 is 1.25 bits per heavy atom. The van der Waals surface area contributed by atoms with Crippen molar-refractivity contribution in [3.05, 3.63) is 0 Å². The fraction of sp³-hybridized carbons (Fsp3) is 0.923. The first-order chi connectivity index (χ1) is 7.28. The molecule has 16 heavy (non-hydrogen) atoms. The second kappa shape index (κ2) is 5.17. The molecule has 94 valence electrons. The van der Waals surface area contributed by atoms with Gasteiger partial charge in [0.1, 0.15) is 0 Å². The molecule has 0 radical (unpaired) electrons. The van der Waals surface area contributed by atoms with Crippen molar-refractivity contribution < 1.29 is 4.79 Å². The summed E-state index contributed by atoms with van der Waals surface area (Å²) in [6, 6.07) is 0. The molecule has 1 amide bonds. The molecule has 0 spiro atoms. The SMILES string of the molecule is CC1CC(C)CN(C(=O)CNC(C)(C)C)C1. The predicted octanol–water partition coefficient (Wildman–Crippen LogP) is 1.88. The minimum atomic E-state index is 0.0165. The number of hydrogen-bond donors (Lipinski definition) is 1. The van der Waals surface area contributed by atoms with E-state index in [2.05, 4.69) is 39.9 Å². The minimum absolute atomic E-state index is 0.0165. The van der Waals surface area contributed by atoms with E-state index in [-0.39, 0.29) is 11.4 Å². The van der Waals surface area contributed by atoms with Crippen LogP contribution in [0.15, 0.2) is 0 Å². The van der Waals surface area contributed by atoms with Gasteiger partial charge in [-0.15, -0.1) is 0 Å². The molecule has 2 atom stereocenters. The van der Waals surface area contributed by atoms with E-state index in [9.17, 15) is 4.79 Å². The largest absolute Gasteiger partial charge is 0.341 e. The van der Waals surface area contributed by atoms with Gasteiger partial charge in [-0.25, -0.2) is 0 Å². The number of rotatable bonds is 2. The van der Waals surface area contributed by atoms with Crippen molar-refractivity contribution in [1.29, 1.82) is 0 Å². The van der Waals surface area contributed by atoms with Gasteiger partial charge in [0, 0.05) is 18.6 Å². The van der Waals surface area contributed by atoms with Crippen molar-refractivity contribution in [3.8, 4) is 0 Å². The molecule has 1 N–H and O–H groups in total. The van der Waals surface area contributed by atoms with E-state index in [0.717, 1.165) is 13.1 Å². The van der Waals surface area contributed by atoms with Crippen molar-refractivity contribution >= 4 is 5.91 Å². The third-order valence-electron chi connectivity index (χ3n) is 2.99. The molecule has 0 saturated carbocycles. The second-order valence-electron chi connectivity index (χ2n) is 6.35. The Morgan fingerprint density at radius 3 is 2.19 bits per heavy atom. The highest BCUT2D eigenvalue weighted by Crippen LogP contribution is 2.20. The quantitative estimate of drug-likeness (QED) is 0.779. The molecule has 3 heteroatoms. The zero-order valence-electron chi connectivity index (χ0n) is 11.3. The van der Waals surface area contributed by atoms with Crippen molar-refractivity contribution in [1.82, 2.24) is 10.2 Å². The Morgan fingerprint density at radius 2 is 1.75 bits per heavy atom. The predicted molar refractivity (Wildman–Crippen MR) is 67.3 cm³/mol. The lowest BCUT2D eigenvalue weighted by molar-refractivity contribution is -0.133. The lowest BCUT2D eigenvalue weighted by atomic mass is 9.92. The first-order valence-corrected chi connectivity index (χ1v) is 6.30. The van der Waals surface area contributed by atoms with Gasteiger partial charge < -0.3 is 10.2 Å². The lowest BCUT2D eigenvalue weighted by Gasteiger charge is -2.35. The Bertz CT molecular complexity index is 235. The summed E-state index contributed by atoms with van der Waals surface area (Å²) in [4.78, 5) is 14.0. The molecule has 1 aliphatic heterocycles. The van der Waals surface area contributed by atoms with E-state index >= 15 is 0 Å². The summed E-state index contributed by atoms with van der Waals surface area (Å²) in [6.07, 6.45) is 1.25. The van der Waals surface area contributed by atoms with Gasteiger partial charge >= 0.3 is 0 Å². The second-order valence-corrected chi connectivity index (χ2v) is 6.35. The zero-order chi connectivity index (χ0) is 12.3. The van der Waals surface area contributed by atoms with Crippen LogP contribution in [0, 0.1) is 11.8 Å². The normalized spacial score (nSPS) is 26.9. The summed E-state index contributed by atoms with van der Waals surface area (Å²) in [7, 11) is 0. The summed E-state index contributed by atoms with van der Waals surface area (Å²) in [5.74, 6) is 1.53. The van der Waals surface area contributed by atoms with Gasteiger partial charge in [-0.3, -0.25) is 4.79 Å². The number of hydrogen-bond acceptors (Lipinski definition) is 2. The smallest absolute Gasteiger partial charge is 0.236 e. The Labute approximate surface area is 99.6 Å². The van der Waals surface area contributed by atoms with Crippen LogP contribution >= 0.6 is 0 Å². The molecule has 1 fully saturated rings. The van der Waals surface area contributed by atoms with Crippen molar-refractivity contribution in [2.75, 3.05) is 19.6 Å². The highest BCUT2D eigenvalue weighted by atomic mass is 16.2. The number of nitrogens with one attached hydrogen (secondary N) is 1. The fourth-order valence-electron chi connectivity index (χ4n) is 2.32. The topological polar surface area (TPSA) is 32.3 Å². The number of amides is 1. The summed E-state index contributed by atoms with van der Waals surface area (Å²) in [5.41, 5.74) is 0.0165. The van der Waals surface area contributed by atoms with E-state index in [1.54, 1.807) is 0 Å². The van der Waals surface area contributed by atoms with E-state index in [0.29, 0.717) is 18.4 Å². The van der Waals surface area contributed by atoms with Gasteiger partial charge in [0.15, 0.2) is 0 Å². The van der Waals surface area contributed by atoms with Crippen LogP contribution in [0.2, 0.25) is 0 Å². The first kappa shape index (κ1) is 13.5.